The number of ether oxygens (including phenoxy) is 1. The number of carbonyl (C=O) groups excluding carboxylic acids is 2. The first-order chi connectivity index (χ1) is 7.10. The Hall–Kier alpha value is -0.900. The number of ketones is 1. The molecule has 0 spiro atoms. The predicted molar refractivity (Wildman–Crippen MR) is 56.5 cm³/mol. The van der Waals surface area contributed by atoms with Crippen molar-refractivity contribution in [2.24, 2.45) is 5.92 Å². The number of Topliss-reactive ketones (excluding diaryl/α,β-unsaturated/α-hetero) is 1. The average molecular weight is 213 g/mol. The van der Waals surface area contributed by atoms with Crippen LogP contribution >= 0.6 is 0 Å². The van der Waals surface area contributed by atoms with Crippen LogP contribution in [0.3, 0.4) is 0 Å². The molecular formula is C11H19NO3. The van der Waals surface area contributed by atoms with Gasteiger partial charge in [-0.15, -0.1) is 0 Å². The van der Waals surface area contributed by atoms with E-state index < -0.39 is 11.9 Å². The second-order valence-electron chi connectivity index (χ2n) is 4.13. The third-order valence-corrected chi connectivity index (χ3v) is 3.03. The first-order valence-electron chi connectivity index (χ1n) is 5.41. The number of rotatable bonds is 3. The summed E-state index contributed by atoms with van der Waals surface area (Å²) < 4.78 is 4.62. The highest BCUT2D eigenvalue weighted by Crippen LogP contribution is 2.21. The van der Waals surface area contributed by atoms with Crippen molar-refractivity contribution in [3.05, 3.63) is 0 Å². The normalized spacial score (nSPS) is 27.8. The van der Waals surface area contributed by atoms with Gasteiger partial charge in [0, 0.05) is 19.0 Å². The maximum Gasteiger partial charge on any atom is 0.317 e. The monoisotopic (exact) mass is 213 g/mol. The third-order valence-electron chi connectivity index (χ3n) is 3.03. The molecule has 4 heteroatoms. The maximum atomic E-state index is 11.7. The largest absolute Gasteiger partial charge is 0.468 e. The van der Waals surface area contributed by atoms with Gasteiger partial charge >= 0.3 is 5.97 Å². The fourth-order valence-corrected chi connectivity index (χ4v) is 2.07. The zero-order chi connectivity index (χ0) is 11.4. The lowest BCUT2D eigenvalue weighted by Gasteiger charge is -2.34. The van der Waals surface area contributed by atoms with Crippen LogP contribution in [0.15, 0.2) is 0 Å². The van der Waals surface area contributed by atoms with Crippen LogP contribution in [-0.2, 0) is 14.3 Å². The van der Waals surface area contributed by atoms with Gasteiger partial charge in [0.25, 0.3) is 0 Å². The molecule has 1 unspecified atom stereocenters. The van der Waals surface area contributed by atoms with Gasteiger partial charge in [0.2, 0.25) is 0 Å². The van der Waals surface area contributed by atoms with Gasteiger partial charge in [-0.3, -0.25) is 9.59 Å². The van der Waals surface area contributed by atoms with E-state index in [0.29, 0.717) is 19.0 Å². The number of piperidine rings is 1. The standard InChI is InChI=1S/C11H19NO3/c1-4-5-8-6-10(13)9(7-12(8)2)11(14)15-3/h8-9H,4-7H2,1-3H3/t8?,9-/m1/s1. The van der Waals surface area contributed by atoms with E-state index in [2.05, 4.69) is 16.6 Å². The molecular weight excluding hydrogens is 194 g/mol. The van der Waals surface area contributed by atoms with Crippen molar-refractivity contribution in [1.29, 1.82) is 0 Å². The van der Waals surface area contributed by atoms with E-state index >= 15 is 0 Å². The molecule has 1 saturated heterocycles. The average Bonchev–Trinajstić information content (AvgIpc) is 2.22. The van der Waals surface area contributed by atoms with Gasteiger partial charge < -0.3 is 9.64 Å². The van der Waals surface area contributed by atoms with Crippen LogP contribution < -0.4 is 0 Å². The Balaban J connectivity index is 2.62. The number of nitrogens with zero attached hydrogens (tertiary/aromatic N) is 1. The zero-order valence-corrected chi connectivity index (χ0v) is 9.66. The molecule has 1 aliphatic heterocycles. The van der Waals surface area contributed by atoms with Crippen LogP contribution in [0.4, 0.5) is 0 Å². The Morgan fingerprint density at radius 2 is 2.27 bits per heavy atom. The van der Waals surface area contributed by atoms with Gasteiger partial charge in [0.05, 0.1) is 7.11 Å². The molecule has 1 rings (SSSR count). The van der Waals surface area contributed by atoms with Crippen molar-refractivity contribution < 1.29 is 14.3 Å². The van der Waals surface area contributed by atoms with Crippen molar-refractivity contribution in [3.8, 4) is 0 Å². The lowest BCUT2D eigenvalue weighted by Crippen LogP contribution is -2.48. The number of hydrogen-bond donors (Lipinski definition) is 0. The van der Waals surface area contributed by atoms with Crippen molar-refractivity contribution >= 4 is 11.8 Å². The van der Waals surface area contributed by atoms with Crippen molar-refractivity contribution in [1.82, 2.24) is 4.90 Å². The van der Waals surface area contributed by atoms with Gasteiger partial charge in [-0.25, -0.2) is 0 Å². The molecule has 0 saturated carbocycles. The third kappa shape index (κ3) is 2.78. The fraction of sp³-hybridized carbons (Fsp3) is 0.818. The highest BCUT2D eigenvalue weighted by Gasteiger charge is 2.36. The second kappa shape index (κ2) is 5.26. The minimum absolute atomic E-state index is 0.0263. The molecule has 4 nitrogen and oxygen atoms in total. The number of likely N-dealkylation sites (tertiary alicyclic amines) is 1. The topological polar surface area (TPSA) is 46.6 Å². The van der Waals surface area contributed by atoms with Gasteiger partial charge in [-0.05, 0) is 13.5 Å². The Kier molecular flexibility index (Phi) is 4.27. The summed E-state index contributed by atoms with van der Waals surface area (Å²) in [6, 6.07) is 0.295. The summed E-state index contributed by atoms with van der Waals surface area (Å²) in [4.78, 5) is 25.1. The Bertz CT molecular complexity index is 252. The SMILES string of the molecule is CCCC1CC(=O)[C@H](C(=O)OC)CN1C. The van der Waals surface area contributed by atoms with Crippen LogP contribution in [0.5, 0.6) is 0 Å². The van der Waals surface area contributed by atoms with Crippen molar-refractivity contribution in [3.63, 3.8) is 0 Å². The van der Waals surface area contributed by atoms with Gasteiger partial charge in [0.15, 0.2) is 0 Å². The Morgan fingerprint density at radius 3 is 2.80 bits per heavy atom. The van der Waals surface area contributed by atoms with Gasteiger partial charge in [-0.2, -0.15) is 0 Å². The molecule has 0 aromatic rings. The molecule has 0 aliphatic carbocycles. The Morgan fingerprint density at radius 1 is 1.60 bits per heavy atom. The van der Waals surface area contributed by atoms with Crippen molar-refractivity contribution in [2.45, 2.75) is 32.2 Å². The molecule has 15 heavy (non-hydrogen) atoms. The summed E-state index contributed by atoms with van der Waals surface area (Å²) in [6.45, 7) is 2.60. The summed E-state index contributed by atoms with van der Waals surface area (Å²) in [5.41, 5.74) is 0. The molecule has 0 bridgehead atoms. The fourth-order valence-electron chi connectivity index (χ4n) is 2.07. The first kappa shape index (κ1) is 12.2. The minimum atomic E-state index is -0.576. The van der Waals surface area contributed by atoms with E-state index in [1.54, 1.807) is 0 Å². The molecule has 0 aromatic heterocycles. The van der Waals surface area contributed by atoms with Crippen LogP contribution in [0.1, 0.15) is 26.2 Å². The van der Waals surface area contributed by atoms with Gasteiger partial charge in [-0.1, -0.05) is 13.3 Å². The highest BCUT2D eigenvalue weighted by molar-refractivity contribution is 6.00. The molecule has 1 heterocycles. The quantitative estimate of drug-likeness (QED) is 0.515. The van der Waals surface area contributed by atoms with Crippen molar-refractivity contribution in [2.75, 3.05) is 20.7 Å². The Labute approximate surface area is 90.6 Å². The summed E-state index contributed by atoms with van der Waals surface area (Å²) in [7, 11) is 3.29. The summed E-state index contributed by atoms with van der Waals surface area (Å²) in [5.74, 6) is -0.951. The molecule has 86 valence electrons. The zero-order valence-electron chi connectivity index (χ0n) is 9.66. The number of hydrogen-bond acceptors (Lipinski definition) is 4. The van der Waals surface area contributed by atoms with Crippen LogP contribution in [0.25, 0.3) is 0 Å². The molecule has 2 atom stereocenters. The lowest BCUT2D eigenvalue weighted by molar-refractivity contribution is -0.152. The van der Waals surface area contributed by atoms with E-state index in [4.69, 9.17) is 0 Å². The van der Waals surface area contributed by atoms with Crippen LogP contribution in [-0.4, -0.2) is 43.4 Å². The first-order valence-corrected chi connectivity index (χ1v) is 5.41. The lowest BCUT2D eigenvalue weighted by atomic mass is 9.90. The van der Waals surface area contributed by atoms with Crippen LogP contribution in [0.2, 0.25) is 0 Å². The van der Waals surface area contributed by atoms with E-state index in [9.17, 15) is 9.59 Å². The summed E-state index contributed by atoms with van der Waals surface area (Å²) in [6.07, 6.45) is 2.55. The molecule has 1 fully saturated rings. The van der Waals surface area contributed by atoms with E-state index in [1.807, 2.05) is 7.05 Å². The molecule has 0 aromatic carbocycles. The predicted octanol–water partition coefficient (Wildman–Crippen LogP) is 0.849. The van der Waals surface area contributed by atoms with E-state index in [-0.39, 0.29) is 5.78 Å². The van der Waals surface area contributed by atoms with Crippen LogP contribution in [0, 0.1) is 5.92 Å². The van der Waals surface area contributed by atoms with E-state index in [0.717, 1.165) is 12.8 Å². The number of methoxy groups -OCH3 is 1. The second-order valence-corrected chi connectivity index (χ2v) is 4.13. The minimum Gasteiger partial charge on any atom is -0.468 e. The molecule has 0 N–H and O–H groups in total. The number of carbonyl (C=O) groups is 2. The molecule has 0 radical (unpaired) electrons. The maximum absolute atomic E-state index is 11.7. The van der Waals surface area contributed by atoms with E-state index in [1.165, 1.54) is 7.11 Å². The molecule has 1 aliphatic rings. The van der Waals surface area contributed by atoms with Gasteiger partial charge in [0.1, 0.15) is 11.7 Å². The summed E-state index contributed by atoms with van der Waals surface area (Å²) >= 11 is 0. The summed E-state index contributed by atoms with van der Waals surface area (Å²) in [5, 5.41) is 0. The highest BCUT2D eigenvalue weighted by atomic mass is 16.5. The molecule has 0 amide bonds. The smallest absolute Gasteiger partial charge is 0.317 e. The number of esters is 1.